The molecular formula is C15H37N3OSi. The summed E-state index contributed by atoms with van der Waals surface area (Å²) in [5.41, 5.74) is -0.131. The monoisotopic (exact) mass is 303 g/mol. The molecule has 0 spiro atoms. The lowest BCUT2D eigenvalue weighted by molar-refractivity contribution is -0.215. The Morgan fingerprint density at radius 1 is 0.900 bits per heavy atom. The summed E-state index contributed by atoms with van der Waals surface area (Å²) < 4.78 is 6.11. The molecule has 4 nitrogen and oxygen atoms in total. The third-order valence-electron chi connectivity index (χ3n) is 2.91. The zero-order valence-electron chi connectivity index (χ0n) is 15.6. The van der Waals surface area contributed by atoms with Crippen LogP contribution < -0.4 is 10.6 Å². The van der Waals surface area contributed by atoms with Crippen LogP contribution in [0.5, 0.6) is 0 Å². The molecule has 1 atom stereocenters. The molecule has 0 fully saturated rings. The molecule has 0 saturated heterocycles. The number of hydrogen-bond donors (Lipinski definition) is 2. The number of hydrogen-bond acceptors (Lipinski definition) is 4. The second-order valence-electron chi connectivity index (χ2n) is 8.43. The van der Waals surface area contributed by atoms with Gasteiger partial charge in [0.05, 0.1) is 0 Å². The fourth-order valence-electron chi connectivity index (χ4n) is 3.09. The van der Waals surface area contributed by atoms with Crippen molar-refractivity contribution in [1.82, 2.24) is 15.5 Å². The molecule has 0 aromatic heterocycles. The van der Waals surface area contributed by atoms with Gasteiger partial charge in [-0.2, -0.15) is 0 Å². The Balaban J connectivity index is 5.89. The van der Waals surface area contributed by atoms with E-state index in [-0.39, 0.29) is 16.6 Å². The Hall–Kier alpha value is 0.0569. The van der Waals surface area contributed by atoms with Gasteiger partial charge in [-0.25, -0.2) is 4.90 Å². The molecule has 0 amide bonds. The van der Waals surface area contributed by atoms with E-state index < -0.39 is 5.97 Å². The molecular weight excluding hydrogens is 266 g/mol. The molecule has 0 aliphatic carbocycles. The van der Waals surface area contributed by atoms with Crippen molar-refractivity contribution in [3.8, 4) is 0 Å². The first-order valence-electron chi connectivity index (χ1n) is 7.59. The summed E-state index contributed by atoms with van der Waals surface area (Å²) in [5.74, 6) is -0.643. The largest absolute Gasteiger partial charge is 0.387 e. The molecule has 0 aliphatic rings. The topological polar surface area (TPSA) is 36.5 Å². The average molecular weight is 304 g/mol. The van der Waals surface area contributed by atoms with E-state index in [4.69, 9.17) is 4.43 Å². The van der Waals surface area contributed by atoms with Crippen molar-refractivity contribution in [2.75, 3.05) is 6.54 Å². The van der Waals surface area contributed by atoms with Gasteiger partial charge in [0.2, 0.25) is 5.97 Å². The maximum absolute atomic E-state index is 6.11. The first-order chi connectivity index (χ1) is 8.69. The van der Waals surface area contributed by atoms with Gasteiger partial charge in [-0.15, -0.1) is 0 Å². The van der Waals surface area contributed by atoms with Gasteiger partial charge in [0.25, 0.3) is 0 Å². The lowest BCUT2D eigenvalue weighted by atomic mass is 9.94. The van der Waals surface area contributed by atoms with Crippen LogP contribution >= 0.6 is 0 Å². The lowest BCUT2D eigenvalue weighted by Gasteiger charge is -2.57. The molecule has 20 heavy (non-hydrogen) atoms. The molecule has 0 aliphatic heterocycles. The van der Waals surface area contributed by atoms with Crippen LogP contribution in [0.1, 0.15) is 69.2 Å². The van der Waals surface area contributed by atoms with Crippen LogP contribution in [0.15, 0.2) is 0 Å². The van der Waals surface area contributed by atoms with E-state index in [1.165, 1.54) is 0 Å². The zero-order valence-corrected chi connectivity index (χ0v) is 17.6. The van der Waals surface area contributed by atoms with Crippen LogP contribution in [0, 0.1) is 0 Å². The van der Waals surface area contributed by atoms with E-state index in [0.29, 0.717) is 10.5 Å². The van der Waals surface area contributed by atoms with Gasteiger partial charge in [0.1, 0.15) is 0 Å². The summed E-state index contributed by atoms with van der Waals surface area (Å²) in [6.45, 7) is 22.9. The van der Waals surface area contributed by atoms with Crippen LogP contribution in [0.25, 0.3) is 0 Å². The highest BCUT2D eigenvalue weighted by Gasteiger charge is 2.49. The summed E-state index contributed by atoms with van der Waals surface area (Å²) in [5, 5.41) is 7.20. The van der Waals surface area contributed by atoms with E-state index >= 15 is 0 Å². The van der Waals surface area contributed by atoms with Crippen LogP contribution in [0.2, 0.25) is 0 Å². The number of nitrogens with zero attached hydrogens (tertiary/aromatic N) is 1. The molecule has 0 radical (unpaired) electrons. The van der Waals surface area contributed by atoms with E-state index in [1.807, 2.05) is 0 Å². The van der Waals surface area contributed by atoms with Crippen LogP contribution in [-0.2, 0) is 4.43 Å². The highest BCUT2D eigenvalue weighted by Crippen LogP contribution is 2.32. The highest BCUT2D eigenvalue weighted by molar-refractivity contribution is 5.98. The van der Waals surface area contributed by atoms with E-state index in [2.05, 4.69) is 84.8 Å². The molecule has 0 saturated carbocycles. The molecule has 0 aromatic carbocycles. The van der Waals surface area contributed by atoms with Gasteiger partial charge in [0.15, 0.2) is 10.5 Å². The van der Waals surface area contributed by atoms with Crippen LogP contribution in [-0.4, -0.2) is 44.5 Å². The maximum atomic E-state index is 6.11. The Labute approximate surface area is 129 Å². The molecule has 0 heterocycles. The minimum Gasteiger partial charge on any atom is -0.387 e. The Bertz CT molecular complexity index is 288. The normalized spacial score (nSPS) is 17.6. The van der Waals surface area contributed by atoms with Crippen LogP contribution in [0.4, 0.5) is 0 Å². The van der Waals surface area contributed by atoms with E-state index in [1.54, 1.807) is 0 Å². The van der Waals surface area contributed by atoms with Gasteiger partial charge in [-0.1, -0.05) is 6.92 Å². The predicted octanol–water partition coefficient (Wildman–Crippen LogP) is 1.79. The summed E-state index contributed by atoms with van der Waals surface area (Å²) in [6, 6.07) is 0. The molecule has 1 unspecified atom stereocenters. The second kappa shape index (κ2) is 6.44. The summed E-state index contributed by atoms with van der Waals surface area (Å²) in [4.78, 5) is 2.40. The number of nitrogens with one attached hydrogen (secondary N) is 2. The minimum absolute atomic E-state index is 0.0386. The molecule has 0 rings (SSSR count). The second-order valence-corrected chi connectivity index (χ2v) is 8.84. The van der Waals surface area contributed by atoms with E-state index in [0.717, 1.165) is 6.54 Å². The first kappa shape index (κ1) is 20.1. The van der Waals surface area contributed by atoms with Crippen molar-refractivity contribution in [2.24, 2.45) is 0 Å². The van der Waals surface area contributed by atoms with Crippen molar-refractivity contribution < 1.29 is 4.43 Å². The smallest absolute Gasteiger partial charge is 0.229 e. The third kappa shape index (κ3) is 5.45. The van der Waals surface area contributed by atoms with Crippen LogP contribution in [0.3, 0.4) is 0 Å². The zero-order chi connectivity index (χ0) is 16.4. The van der Waals surface area contributed by atoms with Crippen molar-refractivity contribution in [3.05, 3.63) is 0 Å². The highest BCUT2D eigenvalue weighted by atomic mass is 28.2. The Kier molecular flexibility index (Phi) is 6.46. The van der Waals surface area contributed by atoms with Gasteiger partial charge in [-0.05, 0) is 68.9 Å². The van der Waals surface area contributed by atoms with Gasteiger partial charge in [0, 0.05) is 16.6 Å². The fourth-order valence-corrected chi connectivity index (χ4v) is 3.52. The predicted molar refractivity (Wildman–Crippen MR) is 91.7 cm³/mol. The van der Waals surface area contributed by atoms with Crippen molar-refractivity contribution in [2.45, 2.75) is 91.8 Å². The minimum atomic E-state index is -0.643. The van der Waals surface area contributed by atoms with Gasteiger partial charge >= 0.3 is 0 Å². The van der Waals surface area contributed by atoms with Gasteiger partial charge in [-0.3, -0.25) is 10.6 Å². The average Bonchev–Trinajstić information content (AvgIpc) is 2.10. The Morgan fingerprint density at radius 2 is 1.30 bits per heavy atom. The first-order valence-corrected chi connectivity index (χ1v) is 8.41. The summed E-state index contributed by atoms with van der Waals surface area (Å²) in [6.07, 6.45) is 0. The molecule has 2 N–H and O–H groups in total. The SMILES string of the molecule is CCNC(NC(C)(C)C)(O[SiH3])N(C(C)(C)C)C(C)(C)C. The van der Waals surface area contributed by atoms with Crippen molar-refractivity contribution in [1.29, 1.82) is 0 Å². The lowest BCUT2D eigenvalue weighted by Crippen LogP contribution is -2.79. The maximum Gasteiger partial charge on any atom is 0.229 e. The van der Waals surface area contributed by atoms with Crippen molar-refractivity contribution >= 4 is 10.5 Å². The third-order valence-corrected chi connectivity index (χ3v) is 3.50. The standard InChI is InChI=1S/C15H37N3OSi/c1-11-16-15(19-20,17-12(2,3)4)18(13(5,6)7)14(8,9)10/h16-17H,11H2,1-10,20H3. The molecule has 0 aromatic rings. The fraction of sp³-hybridized carbons (Fsp3) is 1.00. The molecule has 122 valence electrons. The Morgan fingerprint density at radius 3 is 1.50 bits per heavy atom. The van der Waals surface area contributed by atoms with E-state index in [9.17, 15) is 0 Å². The number of rotatable bonds is 5. The summed E-state index contributed by atoms with van der Waals surface area (Å²) >= 11 is 0. The van der Waals surface area contributed by atoms with Crippen molar-refractivity contribution in [3.63, 3.8) is 0 Å². The molecule has 5 heteroatoms. The van der Waals surface area contributed by atoms with Gasteiger partial charge < -0.3 is 4.43 Å². The molecule has 0 bridgehead atoms. The quantitative estimate of drug-likeness (QED) is 0.600. The summed E-state index contributed by atoms with van der Waals surface area (Å²) in [7, 11) is 0.652.